The number of hydrogen-bond acceptors (Lipinski definition) is 2. The number of carbonyl (C=O) groups excluding carboxylic acids is 1. The first-order chi connectivity index (χ1) is 9.40. The highest BCUT2D eigenvalue weighted by atomic mass is 16.5. The van der Waals surface area contributed by atoms with Gasteiger partial charge in [-0.25, -0.2) is 0 Å². The summed E-state index contributed by atoms with van der Waals surface area (Å²) >= 11 is 0. The number of carbonyl (C=O) groups is 1. The fourth-order valence-corrected chi connectivity index (χ4v) is 5.72. The van der Waals surface area contributed by atoms with Crippen molar-refractivity contribution >= 4 is 5.78 Å². The molecule has 0 aromatic rings. The van der Waals surface area contributed by atoms with E-state index in [4.69, 9.17) is 4.74 Å². The number of hydrogen-bond donors (Lipinski definition) is 0. The van der Waals surface area contributed by atoms with E-state index in [2.05, 4.69) is 20.8 Å². The van der Waals surface area contributed by atoms with Gasteiger partial charge in [-0.05, 0) is 67.6 Å². The molecule has 0 amide bonds. The molecule has 114 valence electrons. The number of rotatable bonds is 3. The Hall–Kier alpha value is -0.370. The lowest BCUT2D eigenvalue weighted by molar-refractivity contribution is -0.136. The maximum atomic E-state index is 12.3. The molecule has 0 N–H and O–H groups in total. The van der Waals surface area contributed by atoms with E-state index in [1.165, 1.54) is 25.7 Å². The minimum atomic E-state index is -0.101. The summed E-state index contributed by atoms with van der Waals surface area (Å²) in [4.78, 5) is 12.3. The molecule has 5 atom stereocenters. The van der Waals surface area contributed by atoms with E-state index in [9.17, 15) is 4.79 Å². The fourth-order valence-electron chi connectivity index (χ4n) is 5.72. The van der Waals surface area contributed by atoms with E-state index >= 15 is 0 Å². The van der Waals surface area contributed by atoms with Crippen LogP contribution in [-0.4, -0.2) is 18.5 Å². The molecule has 20 heavy (non-hydrogen) atoms. The van der Waals surface area contributed by atoms with Crippen molar-refractivity contribution in [1.82, 2.24) is 0 Å². The van der Waals surface area contributed by atoms with Crippen LogP contribution in [0.2, 0.25) is 0 Å². The standard InChI is InChI=1S/C18H30O2/c1-5-20-16-7-6-12(10-15(16)19)14-11-13-8-9-18(14,4)17(13,2)3/h12-14,16H,5-11H2,1-4H3/t12?,13-,14+,16?,18+/m0/s1. The molecule has 0 radical (unpaired) electrons. The van der Waals surface area contributed by atoms with Gasteiger partial charge in [0.2, 0.25) is 0 Å². The van der Waals surface area contributed by atoms with Gasteiger partial charge in [-0.3, -0.25) is 4.79 Å². The molecule has 2 nitrogen and oxygen atoms in total. The monoisotopic (exact) mass is 278 g/mol. The van der Waals surface area contributed by atoms with E-state index in [0.717, 1.165) is 24.7 Å². The van der Waals surface area contributed by atoms with Gasteiger partial charge >= 0.3 is 0 Å². The molecule has 3 fully saturated rings. The van der Waals surface area contributed by atoms with Crippen molar-refractivity contribution in [1.29, 1.82) is 0 Å². The summed E-state index contributed by atoms with van der Waals surface area (Å²) in [6, 6.07) is 0. The highest BCUT2D eigenvalue weighted by Gasteiger charge is 2.62. The topological polar surface area (TPSA) is 26.3 Å². The maximum Gasteiger partial charge on any atom is 0.161 e. The van der Waals surface area contributed by atoms with Gasteiger partial charge in [-0.2, -0.15) is 0 Å². The van der Waals surface area contributed by atoms with Crippen LogP contribution >= 0.6 is 0 Å². The lowest BCUT2D eigenvalue weighted by Gasteiger charge is -2.44. The summed E-state index contributed by atoms with van der Waals surface area (Å²) in [5.41, 5.74) is 0.929. The molecule has 3 aliphatic carbocycles. The summed E-state index contributed by atoms with van der Waals surface area (Å²) < 4.78 is 5.58. The summed E-state index contributed by atoms with van der Waals surface area (Å²) in [7, 11) is 0. The third-order valence-corrected chi connectivity index (χ3v) is 7.42. The first-order valence-corrected chi connectivity index (χ1v) is 8.54. The highest BCUT2D eigenvalue weighted by Crippen LogP contribution is 2.70. The zero-order chi connectivity index (χ0) is 14.5. The predicted octanol–water partition coefficient (Wildman–Crippen LogP) is 4.22. The lowest BCUT2D eigenvalue weighted by Crippen LogP contribution is -2.40. The lowest BCUT2D eigenvalue weighted by atomic mass is 9.61. The van der Waals surface area contributed by atoms with Crippen LogP contribution in [0, 0.1) is 28.6 Å². The first-order valence-electron chi connectivity index (χ1n) is 8.54. The minimum Gasteiger partial charge on any atom is -0.371 e. The molecule has 0 spiro atoms. The van der Waals surface area contributed by atoms with E-state index in [-0.39, 0.29) is 6.10 Å². The van der Waals surface area contributed by atoms with Crippen LogP contribution in [0.15, 0.2) is 0 Å². The molecule has 0 aliphatic heterocycles. The van der Waals surface area contributed by atoms with Crippen molar-refractivity contribution in [2.75, 3.05) is 6.61 Å². The van der Waals surface area contributed by atoms with Crippen LogP contribution in [0.4, 0.5) is 0 Å². The average molecular weight is 278 g/mol. The van der Waals surface area contributed by atoms with Crippen LogP contribution in [-0.2, 0) is 9.53 Å². The van der Waals surface area contributed by atoms with Crippen LogP contribution in [0.5, 0.6) is 0 Å². The van der Waals surface area contributed by atoms with Crippen molar-refractivity contribution in [2.24, 2.45) is 28.6 Å². The Kier molecular flexibility index (Phi) is 3.52. The average Bonchev–Trinajstić information content (AvgIpc) is 2.74. The van der Waals surface area contributed by atoms with Gasteiger partial charge < -0.3 is 4.74 Å². The zero-order valence-corrected chi connectivity index (χ0v) is 13.6. The molecule has 3 aliphatic rings. The molecule has 0 aromatic carbocycles. The van der Waals surface area contributed by atoms with E-state index in [0.29, 0.717) is 29.1 Å². The normalized spacial score (nSPS) is 46.9. The number of fused-ring (bicyclic) bond motifs is 2. The summed E-state index contributed by atoms with van der Waals surface area (Å²) in [5.74, 6) is 2.64. The maximum absolute atomic E-state index is 12.3. The van der Waals surface area contributed by atoms with Crippen LogP contribution in [0.1, 0.15) is 66.2 Å². The number of Topliss-reactive ketones (excluding diaryl/α,β-unsaturated/α-hetero) is 1. The Labute approximate surface area is 123 Å². The summed E-state index contributed by atoms with van der Waals surface area (Å²) in [6.07, 6.45) is 6.95. The van der Waals surface area contributed by atoms with Gasteiger partial charge in [0.15, 0.2) is 5.78 Å². The summed E-state index contributed by atoms with van der Waals surface area (Å²) in [5, 5.41) is 0. The van der Waals surface area contributed by atoms with Crippen molar-refractivity contribution in [2.45, 2.75) is 72.3 Å². The highest BCUT2D eigenvalue weighted by molar-refractivity contribution is 5.84. The molecular formula is C18H30O2. The second-order valence-corrected chi connectivity index (χ2v) is 8.17. The smallest absolute Gasteiger partial charge is 0.161 e. The molecule has 0 aromatic heterocycles. The van der Waals surface area contributed by atoms with Crippen molar-refractivity contribution in [3.05, 3.63) is 0 Å². The Morgan fingerprint density at radius 1 is 1.20 bits per heavy atom. The predicted molar refractivity (Wildman–Crippen MR) is 80.5 cm³/mol. The molecule has 3 rings (SSSR count). The van der Waals surface area contributed by atoms with E-state index in [1.54, 1.807) is 0 Å². The van der Waals surface area contributed by atoms with Gasteiger partial charge in [0, 0.05) is 13.0 Å². The second kappa shape index (κ2) is 4.83. The SMILES string of the molecule is CCOC1CCC([C@H]2C[C@@H]3CC[C@@]2(C)C3(C)C)CC1=O. The van der Waals surface area contributed by atoms with Gasteiger partial charge in [-0.15, -0.1) is 0 Å². The van der Waals surface area contributed by atoms with Gasteiger partial charge in [0.25, 0.3) is 0 Å². The molecule has 2 heteroatoms. The third kappa shape index (κ3) is 1.90. The molecule has 3 saturated carbocycles. The quantitative estimate of drug-likeness (QED) is 0.772. The molecular weight excluding hydrogens is 248 g/mol. The largest absolute Gasteiger partial charge is 0.371 e. The van der Waals surface area contributed by atoms with Gasteiger partial charge in [0.05, 0.1) is 0 Å². The number of ketones is 1. The van der Waals surface area contributed by atoms with Crippen molar-refractivity contribution < 1.29 is 9.53 Å². The van der Waals surface area contributed by atoms with Gasteiger partial charge in [0.1, 0.15) is 6.10 Å². The van der Waals surface area contributed by atoms with Crippen LogP contribution < -0.4 is 0 Å². The van der Waals surface area contributed by atoms with Crippen molar-refractivity contribution in [3.63, 3.8) is 0 Å². The van der Waals surface area contributed by atoms with Crippen molar-refractivity contribution in [3.8, 4) is 0 Å². The molecule has 0 saturated heterocycles. The van der Waals surface area contributed by atoms with E-state index in [1.807, 2.05) is 6.92 Å². The Morgan fingerprint density at radius 2 is 1.95 bits per heavy atom. The minimum absolute atomic E-state index is 0.101. The summed E-state index contributed by atoms with van der Waals surface area (Å²) in [6.45, 7) is 10.1. The fraction of sp³-hybridized carbons (Fsp3) is 0.944. The molecule has 2 unspecified atom stereocenters. The Balaban J connectivity index is 1.72. The third-order valence-electron chi connectivity index (χ3n) is 7.42. The Bertz CT molecular complexity index is 400. The molecule has 0 heterocycles. The second-order valence-electron chi connectivity index (χ2n) is 8.17. The number of ether oxygens (including phenoxy) is 1. The van der Waals surface area contributed by atoms with E-state index < -0.39 is 0 Å². The molecule has 2 bridgehead atoms. The zero-order valence-electron chi connectivity index (χ0n) is 13.6. The Morgan fingerprint density at radius 3 is 2.45 bits per heavy atom. The van der Waals surface area contributed by atoms with Crippen LogP contribution in [0.25, 0.3) is 0 Å². The van der Waals surface area contributed by atoms with Gasteiger partial charge in [-0.1, -0.05) is 20.8 Å². The van der Waals surface area contributed by atoms with Crippen LogP contribution in [0.3, 0.4) is 0 Å². The first kappa shape index (κ1) is 14.6.